The molecule has 7 heteroatoms. The van der Waals surface area contributed by atoms with Gasteiger partial charge in [0.15, 0.2) is 0 Å². The third kappa shape index (κ3) is 5.07. The van der Waals surface area contributed by atoms with Gasteiger partial charge in [0.25, 0.3) is 0 Å². The third-order valence-corrected chi connectivity index (χ3v) is 2.64. The second-order valence-corrected chi connectivity index (χ2v) is 4.30. The lowest BCUT2D eigenvalue weighted by molar-refractivity contribution is -0.142. The molecule has 0 bridgehead atoms. The van der Waals surface area contributed by atoms with E-state index < -0.39 is 36.4 Å². The molecule has 0 saturated heterocycles. The summed E-state index contributed by atoms with van der Waals surface area (Å²) in [5.41, 5.74) is 5.97. The van der Waals surface area contributed by atoms with E-state index in [0.717, 1.165) is 5.56 Å². The van der Waals surface area contributed by atoms with Gasteiger partial charge in [-0.1, -0.05) is 30.3 Å². The van der Waals surface area contributed by atoms with Crippen molar-refractivity contribution < 1.29 is 24.6 Å². The van der Waals surface area contributed by atoms with Crippen molar-refractivity contribution >= 4 is 17.8 Å². The fourth-order valence-corrected chi connectivity index (χ4v) is 1.59. The number of amides is 1. The number of carbonyl (C=O) groups excluding carboxylic acids is 1. The Hall–Kier alpha value is -2.41. The highest BCUT2D eigenvalue weighted by Gasteiger charge is 2.23. The van der Waals surface area contributed by atoms with E-state index in [1.165, 1.54) is 0 Å². The Morgan fingerprint density at radius 1 is 1.10 bits per heavy atom. The molecule has 1 amide bonds. The van der Waals surface area contributed by atoms with Crippen molar-refractivity contribution in [1.82, 2.24) is 5.32 Å². The van der Waals surface area contributed by atoms with E-state index in [1.807, 2.05) is 0 Å². The summed E-state index contributed by atoms with van der Waals surface area (Å²) in [6.07, 6.45) is -0.349. The molecule has 0 fully saturated rings. The zero-order chi connectivity index (χ0) is 15.1. The Labute approximate surface area is 115 Å². The molecule has 0 aliphatic heterocycles. The van der Waals surface area contributed by atoms with Crippen LogP contribution in [0.5, 0.6) is 0 Å². The van der Waals surface area contributed by atoms with Gasteiger partial charge in [0.05, 0.1) is 6.42 Å². The Morgan fingerprint density at radius 2 is 1.70 bits per heavy atom. The van der Waals surface area contributed by atoms with Crippen molar-refractivity contribution in [2.24, 2.45) is 5.73 Å². The number of hydrogen-bond acceptors (Lipinski definition) is 4. The Morgan fingerprint density at radius 3 is 2.20 bits per heavy atom. The fraction of sp³-hybridized carbons (Fsp3) is 0.308. The van der Waals surface area contributed by atoms with Gasteiger partial charge in [-0.3, -0.25) is 9.59 Å². The van der Waals surface area contributed by atoms with Crippen LogP contribution in [0.3, 0.4) is 0 Å². The van der Waals surface area contributed by atoms with E-state index in [4.69, 9.17) is 15.9 Å². The molecule has 0 aliphatic carbocycles. The highest BCUT2D eigenvalue weighted by atomic mass is 16.4. The van der Waals surface area contributed by atoms with Crippen molar-refractivity contribution in [2.45, 2.75) is 24.9 Å². The Balaban J connectivity index is 2.62. The fourth-order valence-electron chi connectivity index (χ4n) is 1.59. The molecule has 2 atom stereocenters. The van der Waals surface area contributed by atoms with Crippen LogP contribution in [-0.4, -0.2) is 40.1 Å². The van der Waals surface area contributed by atoms with Crippen LogP contribution in [0.15, 0.2) is 30.3 Å². The molecule has 1 unspecified atom stereocenters. The Bertz CT molecular complexity index is 489. The van der Waals surface area contributed by atoms with Gasteiger partial charge >= 0.3 is 11.9 Å². The summed E-state index contributed by atoms with van der Waals surface area (Å²) < 4.78 is 0. The zero-order valence-corrected chi connectivity index (χ0v) is 10.7. The summed E-state index contributed by atoms with van der Waals surface area (Å²) in [7, 11) is 0. The summed E-state index contributed by atoms with van der Waals surface area (Å²) in [4.78, 5) is 33.2. The lowest BCUT2D eigenvalue weighted by Gasteiger charge is -2.15. The van der Waals surface area contributed by atoms with Gasteiger partial charge in [-0.25, -0.2) is 4.79 Å². The Kier molecular flexibility index (Phi) is 5.67. The molecule has 1 aromatic rings. The van der Waals surface area contributed by atoms with Crippen LogP contribution >= 0.6 is 0 Å². The van der Waals surface area contributed by atoms with Gasteiger partial charge in [-0.2, -0.15) is 0 Å². The van der Waals surface area contributed by atoms with Crippen LogP contribution in [0.25, 0.3) is 0 Å². The topological polar surface area (TPSA) is 130 Å². The average molecular weight is 280 g/mol. The zero-order valence-electron chi connectivity index (χ0n) is 10.7. The van der Waals surface area contributed by atoms with E-state index in [9.17, 15) is 14.4 Å². The first-order valence-electron chi connectivity index (χ1n) is 5.94. The number of nitrogens with two attached hydrogens (primary N) is 1. The molecule has 5 N–H and O–H groups in total. The summed E-state index contributed by atoms with van der Waals surface area (Å²) in [6.45, 7) is 0. The normalized spacial score (nSPS) is 13.2. The van der Waals surface area contributed by atoms with E-state index in [1.54, 1.807) is 30.3 Å². The van der Waals surface area contributed by atoms with Crippen LogP contribution in [0.2, 0.25) is 0 Å². The SMILES string of the molecule is NC(CC(=O)N[C@@H](Cc1ccccc1)C(=O)O)C(=O)O. The van der Waals surface area contributed by atoms with Gasteiger partial charge in [-0.05, 0) is 5.56 Å². The van der Waals surface area contributed by atoms with Gasteiger partial charge in [0.2, 0.25) is 5.91 Å². The van der Waals surface area contributed by atoms with Crippen LogP contribution in [0, 0.1) is 0 Å². The number of carbonyl (C=O) groups is 3. The van der Waals surface area contributed by atoms with Crippen molar-refractivity contribution in [3.05, 3.63) is 35.9 Å². The predicted molar refractivity (Wildman–Crippen MR) is 69.9 cm³/mol. The van der Waals surface area contributed by atoms with E-state index in [-0.39, 0.29) is 6.42 Å². The number of rotatable bonds is 7. The van der Waals surface area contributed by atoms with Crippen LogP contribution in [0.4, 0.5) is 0 Å². The van der Waals surface area contributed by atoms with Gasteiger partial charge < -0.3 is 21.3 Å². The molecule has 0 aliphatic rings. The van der Waals surface area contributed by atoms with Gasteiger partial charge in [-0.15, -0.1) is 0 Å². The van der Waals surface area contributed by atoms with Gasteiger partial charge in [0.1, 0.15) is 12.1 Å². The summed E-state index contributed by atoms with van der Waals surface area (Å²) in [5, 5.41) is 19.9. The first-order chi connectivity index (χ1) is 9.40. The molecule has 0 spiro atoms. The van der Waals surface area contributed by atoms with E-state index in [2.05, 4.69) is 5.32 Å². The molecular formula is C13H16N2O5. The predicted octanol–water partition coefficient (Wildman–Crippen LogP) is -0.399. The minimum Gasteiger partial charge on any atom is -0.480 e. The summed E-state index contributed by atoms with van der Waals surface area (Å²) in [5.74, 6) is -3.20. The molecule has 1 rings (SSSR count). The van der Waals surface area contributed by atoms with Crippen molar-refractivity contribution in [3.8, 4) is 0 Å². The average Bonchev–Trinajstić information content (AvgIpc) is 2.38. The molecule has 108 valence electrons. The number of carboxylic acid groups (broad SMARTS) is 2. The van der Waals surface area contributed by atoms with Crippen molar-refractivity contribution in [2.75, 3.05) is 0 Å². The summed E-state index contributed by atoms with van der Waals surface area (Å²) >= 11 is 0. The van der Waals surface area contributed by atoms with Crippen molar-refractivity contribution in [3.63, 3.8) is 0 Å². The maximum absolute atomic E-state index is 11.5. The van der Waals surface area contributed by atoms with Crippen LogP contribution < -0.4 is 11.1 Å². The maximum Gasteiger partial charge on any atom is 0.326 e. The largest absolute Gasteiger partial charge is 0.480 e. The second kappa shape index (κ2) is 7.25. The first kappa shape index (κ1) is 15.6. The first-order valence-corrected chi connectivity index (χ1v) is 5.94. The minimum absolute atomic E-state index is 0.115. The van der Waals surface area contributed by atoms with Gasteiger partial charge in [0, 0.05) is 6.42 Å². The molecule has 0 heterocycles. The number of carboxylic acids is 2. The van der Waals surface area contributed by atoms with E-state index in [0.29, 0.717) is 0 Å². The maximum atomic E-state index is 11.5. The lowest BCUT2D eigenvalue weighted by Crippen LogP contribution is -2.45. The minimum atomic E-state index is -1.35. The number of aliphatic carboxylic acids is 2. The van der Waals surface area contributed by atoms with E-state index >= 15 is 0 Å². The van der Waals surface area contributed by atoms with Crippen LogP contribution in [-0.2, 0) is 20.8 Å². The monoisotopic (exact) mass is 280 g/mol. The number of nitrogens with one attached hydrogen (secondary N) is 1. The van der Waals surface area contributed by atoms with Crippen LogP contribution in [0.1, 0.15) is 12.0 Å². The number of hydrogen-bond donors (Lipinski definition) is 4. The third-order valence-electron chi connectivity index (χ3n) is 2.64. The standard InChI is InChI=1S/C13H16N2O5/c14-9(12(17)18)7-11(16)15-10(13(19)20)6-8-4-2-1-3-5-8/h1-5,9-10H,6-7,14H2,(H,15,16)(H,17,18)(H,19,20)/t9?,10-/m0/s1. The molecular weight excluding hydrogens is 264 g/mol. The molecule has 20 heavy (non-hydrogen) atoms. The smallest absolute Gasteiger partial charge is 0.326 e. The summed E-state index contributed by atoms with van der Waals surface area (Å²) in [6, 6.07) is 6.33. The van der Waals surface area contributed by atoms with Crippen molar-refractivity contribution in [1.29, 1.82) is 0 Å². The molecule has 7 nitrogen and oxygen atoms in total. The molecule has 0 aromatic heterocycles. The highest BCUT2D eigenvalue weighted by Crippen LogP contribution is 2.04. The number of benzene rings is 1. The molecule has 0 saturated carbocycles. The lowest BCUT2D eigenvalue weighted by atomic mass is 10.1. The highest BCUT2D eigenvalue weighted by molar-refractivity contribution is 5.87. The molecule has 1 aromatic carbocycles. The quantitative estimate of drug-likeness (QED) is 0.537. The molecule has 0 radical (unpaired) electrons. The second-order valence-electron chi connectivity index (χ2n) is 4.30.